The van der Waals surface area contributed by atoms with Crippen LogP contribution in [-0.4, -0.2) is 4.98 Å². The maximum Gasteiger partial charge on any atom is 0.124 e. The van der Waals surface area contributed by atoms with Gasteiger partial charge in [0.1, 0.15) is 5.82 Å². The molecular formula is C12H15FN2. The van der Waals surface area contributed by atoms with Crippen LogP contribution in [0.25, 0.3) is 10.9 Å². The summed E-state index contributed by atoms with van der Waals surface area (Å²) in [5, 5.41) is 0.672. The highest BCUT2D eigenvalue weighted by Crippen LogP contribution is 2.20. The maximum absolute atomic E-state index is 12.8. The van der Waals surface area contributed by atoms with E-state index in [0.717, 1.165) is 11.2 Å². The Bertz CT molecular complexity index is 466. The Hall–Kier alpha value is -1.64. The summed E-state index contributed by atoms with van der Waals surface area (Å²) >= 11 is 0. The summed E-state index contributed by atoms with van der Waals surface area (Å²) in [7, 11) is 0. The number of aryl methyl sites for hydroxylation is 1. The van der Waals surface area contributed by atoms with Crippen LogP contribution >= 0.6 is 0 Å². The van der Waals surface area contributed by atoms with E-state index in [-0.39, 0.29) is 5.82 Å². The number of pyridine rings is 1. The number of nitrogens with zero attached hydrogens (tertiary/aromatic N) is 1. The largest absolute Gasteiger partial charge is 0.398 e. The number of halogens is 1. The number of benzene rings is 1. The van der Waals surface area contributed by atoms with Crippen molar-refractivity contribution in [3.05, 3.63) is 35.8 Å². The number of nitrogens with two attached hydrogens (primary N) is 1. The zero-order valence-electron chi connectivity index (χ0n) is 9.21. The van der Waals surface area contributed by atoms with Crippen molar-refractivity contribution in [1.29, 1.82) is 0 Å². The molecule has 0 aliphatic carbocycles. The summed E-state index contributed by atoms with van der Waals surface area (Å²) in [5.74, 6) is -0.287. The second kappa shape index (κ2) is 4.73. The van der Waals surface area contributed by atoms with E-state index in [4.69, 9.17) is 5.73 Å². The monoisotopic (exact) mass is 206 g/mol. The lowest BCUT2D eigenvalue weighted by atomic mass is 10.1. The van der Waals surface area contributed by atoms with Crippen LogP contribution < -0.4 is 5.73 Å². The number of hydrogen-bond donors (Lipinski definition) is 1. The third-order valence-electron chi connectivity index (χ3n) is 1.93. The topological polar surface area (TPSA) is 38.9 Å². The molecule has 0 bridgehead atoms. The summed E-state index contributed by atoms with van der Waals surface area (Å²) in [6, 6.07) is 6.15. The maximum atomic E-state index is 12.8. The lowest BCUT2D eigenvalue weighted by Crippen LogP contribution is -1.92. The van der Waals surface area contributed by atoms with Gasteiger partial charge in [-0.1, -0.05) is 13.8 Å². The quantitative estimate of drug-likeness (QED) is 0.718. The van der Waals surface area contributed by atoms with Crippen molar-refractivity contribution in [3.63, 3.8) is 0 Å². The number of anilines is 1. The Kier molecular flexibility index (Phi) is 3.61. The highest BCUT2D eigenvalue weighted by molar-refractivity contribution is 5.90. The first-order chi connectivity index (χ1) is 7.16. The van der Waals surface area contributed by atoms with E-state index in [1.807, 2.05) is 20.8 Å². The smallest absolute Gasteiger partial charge is 0.124 e. The fourth-order valence-corrected chi connectivity index (χ4v) is 1.36. The summed E-state index contributed by atoms with van der Waals surface area (Å²) in [5.41, 5.74) is 7.87. The first-order valence-corrected chi connectivity index (χ1v) is 4.99. The van der Waals surface area contributed by atoms with E-state index in [0.29, 0.717) is 11.1 Å². The highest BCUT2D eigenvalue weighted by Gasteiger charge is 2.01. The molecule has 0 radical (unpaired) electrons. The number of nitrogen functional groups attached to an aromatic ring is 1. The molecule has 0 spiro atoms. The molecule has 0 unspecified atom stereocenters. The molecule has 2 aromatic rings. The van der Waals surface area contributed by atoms with Crippen molar-refractivity contribution >= 4 is 16.6 Å². The van der Waals surface area contributed by atoms with Crippen molar-refractivity contribution in [3.8, 4) is 0 Å². The van der Waals surface area contributed by atoms with Gasteiger partial charge in [-0.25, -0.2) is 4.39 Å². The van der Waals surface area contributed by atoms with E-state index < -0.39 is 0 Å². The lowest BCUT2D eigenvalue weighted by Gasteiger charge is -2.02. The highest BCUT2D eigenvalue weighted by atomic mass is 19.1. The molecule has 0 saturated carbocycles. The van der Waals surface area contributed by atoms with Crippen LogP contribution in [0.15, 0.2) is 24.3 Å². The normalized spacial score (nSPS) is 9.60. The van der Waals surface area contributed by atoms with Gasteiger partial charge in [0, 0.05) is 16.8 Å². The Balaban J connectivity index is 0.000000531. The Morgan fingerprint density at radius 1 is 1.20 bits per heavy atom. The number of aromatic nitrogens is 1. The second-order valence-electron chi connectivity index (χ2n) is 3.01. The zero-order chi connectivity index (χ0) is 11.4. The summed E-state index contributed by atoms with van der Waals surface area (Å²) in [6.07, 6.45) is 0. The van der Waals surface area contributed by atoms with Crippen LogP contribution in [0.2, 0.25) is 0 Å². The summed E-state index contributed by atoms with van der Waals surface area (Å²) in [6.45, 7) is 5.86. The minimum atomic E-state index is -0.287. The minimum absolute atomic E-state index is 0.287. The van der Waals surface area contributed by atoms with Crippen LogP contribution in [0.4, 0.5) is 10.1 Å². The fourth-order valence-electron chi connectivity index (χ4n) is 1.36. The first-order valence-electron chi connectivity index (χ1n) is 4.99. The van der Waals surface area contributed by atoms with E-state index in [1.165, 1.54) is 12.1 Å². The van der Waals surface area contributed by atoms with E-state index in [9.17, 15) is 4.39 Å². The minimum Gasteiger partial charge on any atom is -0.398 e. The Labute approximate surface area is 88.9 Å². The molecule has 1 heterocycles. The van der Waals surface area contributed by atoms with Gasteiger partial charge in [0.2, 0.25) is 0 Å². The molecule has 0 aliphatic heterocycles. The van der Waals surface area contributed by atoms with E-state index in [2.05, 4.69) is 4.98 Å². The Morgan fingerprint density at radius 2 is 1.87 bits per heavy atom. The first kappa shape index (κ1) is 11.4. The van der Waals surface area contributed by atoms with Crippen LogP contribution in [-0.2, 0) is 0 Å². The average molecular weight is 206 g/mol. The molecule has 0 amide bonds. The van der Waals surface area contributed by atoms with Crippen LogP contribution in [0.3, 0.4) is 0 Å². The van der Waals surface area contributed by atoms with Gasteiger partial charge in [-0.15, -0.1) is 0 Å². The molecule has 0 fully saturated rings. The molecule has 80 valence electrons. The molecule has 3 heteroatoms. The van der Waals surface area contributed by atoms with Gasteiger partial charge in [0.15, 0.2) is 0 Å². The fraction of sp³-hybridized carbons (Fsp3) is 0.250. The molecule has 1 aromatic carbocycles. The van der Waals surface area contributed by atoms with Gasteiger partial charge in [0.25, 0.3) is 0 Å². The van der Waals surface area contributed by atoms with Gasteiger partial charge < -0.3 is 5.73 Å². The summed E-state index contributed by atoms with van der Waals surface area (Å²) in [4.78, 5) is 4.23. The van der Waals surface area contributed by atoms with Crippen LogP contribution in [0.1, 0.15) is 19.5 Å². The van der Waals surface area contributed by atoms with Crippen molar-refractivity contribution < 1.29 is 4.39 Å². The third-order valence-corrected chi connectivity index (χ3v) is 1.93. The SMILES string of the molecule is CC.Cc1cc(N)c2cc(F)ccc2n1. The van der Waals surface area contributed by atoms with Gasteiger partial charge in [0.05, 0.1) is 5.52 Å². The molecular weight excluding hydrogens is 191 g/mol. The lowest BCUT2D eigenvalue weighted by molar-refractivity contribution is 0.629. The van der Waals surface area contributed by atoms with E-state index >= 15 is 0 Å². The summed E-state index contributed by atoms with van der Waals surface area (Å²) < 4.78 is 12.8. The van der Waals surface area contributed by atoms with Gasteiger partial charge >= 0.3 is 0 Å². The molecule has 2 nitrogen and oxygen atoms in total. The van der Waals surface area contributed by atoms with Gasteiger partial charge in [-0.2, -0.15) is 0 Å². The van der Waals surface area contributed by atoms with Gasteiger partial charge in [-0.3, -0.25) is 4.98 Å². The average Bonchev–Trinajstić information content (AvgIpc) is 2.22. The Morgan fingerprint density at radius 3 is 2.53 bits per heavy atom. The van der Waals surface area contributed by atoms with Crippen molar-refractivity contribution in [1.82, 2.24) is 4.98 Å². The van der Waals surface area contributed by atoms with E-state index in [1.54, 1.807) is 12.1 Å². The number of fused-ring (bicyclic) bond motifs is 1. The predicted molar refractivity (Wildman–Crippen MR) is 62.2 cm³/mol. The molecule has 0 aliphatic rings. The standard InChI is InChI=1S/C10H9FN2.C2H6/c1-6-4-9(12)8-5-7(11)2-3-10(8)13-6;1-2/h2-5H,1H3,(H2,12,13);1-2H3. The molecule has 2 rings (SSSR count). The molecule has 0 saturated heterocycles. The molecule has 15 heavy (non-hydrogen) atoms. The predicted octanol–water partition coefficient (Wildman–Crippen LogP) is 3.29. The molecule has 1 aromatic heterocycles. The van der Waals surface area contributed by atoms with Crippen LogP contribution in [0, 0.1) is 12.7 Å². The van der Waals surface area contributed by atoms with Crippen LogP contribution in [0.5, 0.6) is 0 Å². The van der Waals surface area contributed by atoms with Crippen molar-refractivity contribution in [2.24, 2.45) is 0 Å². The number of rotatable bonds is 0. The van der Waals surface area contributed by atoms with Crippen molar-refractivity contribution in [2.45, 2.75) is 20.8 Å². The van der Waals surface area contributed by atoms with Crippen molar-refractivity contribution in [2.75, 3.05) is 5.73 Å². The molecule has 2 N–H and O–H groups in total. The zero-order valence-corrected chi connectivity index (χ0v) is 9.21. The third kappa shape index (κ3) is 2.43. The number of hydrogen-bond acceptors (Lipinski definition) is 2. The second-order valence-corrected chi connectivity index (χ2v) is 3.01. The van der Waals surface area contributed by atoms with Gasteiger partial charge in [-0.05, 0) is 31.2 Å². The molecule has 0 atom stereocenters.